The molecule has 704 valence electrons. The Morgan fingerprint density at radius 3 is 1.43 bits per heavy atom. The van der Waals surface area contributed by atoms with E-state index in [-0.39, 0.29) is 108 Å². The van der Waals surface area contributed by atoms with Crippen LogP contribution in [0.3, 0.4) is 0 Å². The Morgan fingerprint density at radius 2 is 0.894 bits per heavy atom. The number of para-hydroxylation sites is 2. The Balaban J connectivity index is 1.03. The van der Waals surface area contributed by atoms with Gasteiger partial charge >= 0.3 is 0 Å². The molecule has 0 unspecified atom stereocenters. The van der Waals surface area contributed by atoms with Crippen LogP contribution < -0.4 is 85.9 Å². The summed E-state index contributed by atoms with van der Waals surface area (Å²) in [7, 11) is 3.02. The van der Waals surface area contributed by atoms with Crippen LogP contribution in [-0.4, -0.2) is 268 Å². The van der Waals surface area contributed by atoms with E-state index in [4.69, 9.17) is 22.3 Å². The zero-order valence-electron chi connectivity index (χ0n) is 73.7. The number of likely N-dealkylation sites (N-methyl/N-ethyl adjacent to an activating group) is 1. The average molecular weight is 1850 g/mol. The third-order valence-electron chi connectivity index (χ3n) is 23.4. The molecule has 14 amide bonds. The topological polar surface area (TPSA) is 623 Å². The second-order valence-corrected chi connectivity index (χ2v) is 35.7. The van der Waals surface area contributed by atoms with Crippen molar-refractivity contribution in [2.24, 2.45) is 17.4 Å². The predicted molar refractivity (Wildman–Crippen MR) is 493 cm³/mol. The van der Waals surface area contributed by atoms with E-state index in [0.717, 1.165) is 33.4 Å². The summed E-state index contributed by atoms with van der Waals surface area (Å²) in [4.78, 5) is 240. The lowest BCUT2D eigenvalue weighted by Gasteiger charge is -2.34. The van der Waals surface area contributed by atoms with Crippen LogP contribution in [0.5, 0.6) is 0 Å². The number of amides is 14. The number of H-pyrrole nitrogens is 4. The van der Waals surface area contributed by atoms with Crippen molar-refractivity contribution in [1.29, 1.82) is 10.8 Å². The number of aromatic amines is 4. The minimum atomic E-state index is -2.01. The van der Waals surface area contributed by atoms with Gasteiger partial charge in [0, 0.05) is 123 Å². The van der Waals surface area contributed by atoms with Gasteiger partial charge < -0.3 is 121 Å². The molecule has 0 spiro atoms. The molecule has 3 fully saturated rings. The fourth-order valence-electron chi connectivity index (χ4n) is 16.0. The first-order chi connectivity index (χ1) is 63.4. The van der Waals surface area contributed by atoms with Gasteiger partial charge in [0.05, 0.1) is 30.1 Å². The van der Waals surface area contributed by atoms with Crippen molar-refractivity contribution in [2.75, 3.05) is 38.2 Å². The molecule has 16 atom stereocenters. The first kappa shape index (κ1) is 98.7. The molecule has 132 heavy (non-hydrogen) atoms. The van der Waals surface area contributed by atoms with Crippen LogP contribution >= 0.6 is 21.6 Å². The Hall–Kier alpha value is -13.8. The van der Waals surface area contributed by atoms with Crippen molar-refractivity contribution in [2.45, 2.75) is 202 Å². The molecule has 0 saturated carbocycles. The lowest BCUT2D eigenvalue weighted by Crippen LogP contribution is -2.63. The summed E-state index contributed by atoms with van der Waals surface area (Å²) in [6.07, 6.45) is 5.64. The number of aliphatic hydroxyl groups is 1. The molecule has 8 aromatic rings. The highest BCUT2D eigenvalue weighted by molar-refractivity contribution is 8.76. The third kappa shape index (κ3) is 27.4. The monoisotopic (exact) mass is 1850 g/mol. The maximum absolute atomic E-state index is 15.9. The minimum absolute atomic E-state index is 0.00208. The van der Waals surface area contributed by atoms with Crippen molar-refractivity contribution < 1.29 is 72.2 Å². The maximum Gasteiger partial charge on any atom is 0.246 e. The number of aliphatic hydroxyl groups excluding tert-OH is 1. The van der Waals surface area contributed by atoms with Crippen LogP contribution in [0.4, 0.5) is 0 Å². The summed E-state index contributed by atoms with van der Waals surface area (Å²) >= 11 is 0. The number of nitrogens with two attached hydrogens (primary N) is 2. The average Bonchev–Trinajstić information content (AvgIpc) is 1.63. The van der Waals surface area contributed by atoms with E-state index in [2.05, 4.69) is 104 Å². The van der Waals surface area contributed by atoms with Crippen molar-refractivity contribution in [3.63, 3.8) is 0 Å². The van der Waals surface area contributed by atoms with Crippen LogP contribution in [0.25, 0.3) is 21.8 Å². The van der Waals surface area contributed by atoms with Gasteiger partial charge in [-0.1, -0.05) is 139 Å². The van der Waals surface area contributed by atoms with Gasteiger partial charge in [-0.2, -0.15) is 0 Å². The smallest absolute Gasteiger partial charge is 0.246 e. The zero-order chi connectivity index (χ0) is 94.7. The van der Waals surface area contributed by atoms with E-state index >= 15 is 57.5 Å². The van der Waals surface area contributed by atoms with Crippen LogP contribution in [0.15, 0.2) is 147 Å². The van der Waals surface area contributed by atoms with E-state index in [0.29, 0.717) is 44.1 Å². The van der Waals surface area contributed by atoms with E-state index in [1.54, 1.807) is 117 Å². The molecule has 7 heterocycles. The molecule has 3 aliphatic heterocycles. The number of nitrogens with zero attached hydrogens (tertiary/aromatic N) is 4. The van der Waals surface area contributed by atoms with E-state index in [9.17, 15) is 14.7 Å². The molecule has 11 rings (SSSR count). The molecule has 25 N–H and O–H groups in total. The largest absolute Gasteiger partial charge is 0.391 e. The first-order valence-corrected chi connectivity index (χ1v) is 46.3. The Morgan fingerprint density at radius 1 is 0.470 bits per heavy atom. The maximum atomic E-state index is 15.9. The van der Waals surface area contributed by atoms with E-state index in [1.165, 1.54) is 43.9 Å². The third-order valence-corrected chi connectivity index (χ3v) is 25.9. The molecule has 4 aromatic heterocycles. The van der Waals surface area contributed by atoms with Crippen molar-refractivity contribution >= 4 is 138 Å². The van der Waals surface area contributed by atoms with Crippen LogP contribution in [0, 0.1) is 16.7 Å². The Labute approximate surface area is 768 Å². The molecule has 43 heteroatoms. The predicted octanol–water partition coefficient (Wildman–Crippen LogP) is -1.13. The van der Waals surface area contributed by atoms with Crippen molar-refractivity contribution in [3.05, 3.63) is 180 Å². The van der Waals surface area contributed by atoms with Gasteiger partial charge in [0.15, 0.2) is 11.9 Å². The molecule has 4 aromatic carbocycles. The molecular weight excluding hydrogens is 1740 g/mol. The van der Waals surface area contributed by atoms with E-state index < -0.39 is 209 Å². The van der Waals surface area contributed by atoms with Crippen LogP contribution in [0.1, 0.15) is 106 Å². The quantitative estimate of drug-likeness (QED) is 0.0156. The molecule has 3 aliphatic rings. The number of guanidine groups is 2. The van der Waals surface area contributed by atoms with Crippen molar-refractivity contribution in [3.8, 4) is 0 Å². The summed E-state index contributed by atoms with van der Waals surface area (Å²) in [6, 6.07) is 9.03. The molecule has 3 saturated heterocycles. The lowest BCUT2D eigenvalue weighted by atomic mass is 9.97. The summed E-state index contributed by atoms with van der Waals surface area (Å²) in [5.74, 6) is -15.9. The van der Waals surface area contributed by atoms with Gasteiger partial charge in [-0.25, -0.2) is 9.97 Å². The molecule has 41 nitrogen and oxygen atoms in total. The number of benzene rings is 4. The number of rotatable bonds is 23. The normalized spacial score (nSPS) is 24.5. The number of hydrogen-bond donors (Lipinski definition) is 23. The highest BCUT2D eigenvalue weighted by Gasteiger charge is 2.44. The van der Waals surface area contributed by atoms with E-state index in [1.807, 2.05) is 18.2 Å². The number of nitrogens with one attached hydrogen (secondary N) is 20. The second kappa shape index (κ2) is 47.6. The number of carbonyl (C=O) groups is 14. The number of carbonyl (C=O) groups excluding carboxylic acids is 14. The van der Waals surface area contributed by atoms with Gasteiger partial charge in [-0.05, 0) is 92.7 Å². The minimum Gasteiger partial charge on any atom is -0.391 e. The molecule has 0 aliphatic carbocycles. The summed E-state index contributed by atoms with van der Waals surface area (Å²) in [5.41, 5.74) is 15.4. The highest BCUT2D eigenvalue weighted by atomic mass is 33.1. The van der Waals surface area contributed by atoms with Crippen LogP contribution in [-0.2, 0) is 106 Å². The standard InChI is InChI=1S/C89H116N26O15S2/c1-6-48(2)72-84(127)111-68-44-131-132-45-69(110-75(118)61(28-17-31-96-88(90)91)103-77(120)63(36-53-40-98-59-26-15-13-24-57(53)59)104-74(117)49(3)102-76(119)62(34-51-20-9-7-10-21-51)105-78(121)64(106-80(68)123)38-55-42-94-46-100-55)81(124)113-73(50(4)116)85(128)107-65(39-56-43-95-47-101-56)79(122)108-66(35-52-22-11-8-12-23-52)86(129)114(5)70(29-18-32-97-89(92)93)82(125)109-67(37-54-41-99-60-27-16-14-25-58(54)60)87(130)115-33-19-30-71(115)83(126)112-72/h7-16,20-27,40-43,46-50,61-73,98-99,116H,6,17-19,28-39,44-45H2,1-5H3,(H,94,100)(H,95,101)(H,102,119)(H,103,120)(H,104,117)(H,105,121)(H,106,123)(H,107,128)(H,108,122)(H,109,125)(H,110,118)(H,111,127)(H,112,126)(H,113,124)(H4,90,91,96)(H4,92,93,97)/t48-,49-,50+,61-,62+,63-,64-,65-,66+,67-,68-,69-,70-,71-,72-,73-/m0/s1. The summed E-state index contributed by atoms with van der Waals surface area (Å²) in [6.45, 7) is 5.88. The molecular formula is C89H116N26O15S2. The van der Waals surface area contributed by atoms with Crippen LogP contribution in [0.2, 0.25) is 0 Å². The first-order valence-electron chi connectivity index (χ1n) is 43.8. The molecule has 2 bridgehead atoms. The van der Waals surface area contributed by atoms with Gasteiger partial charge in [-0.15, -0.1) is 0 Å². The van der Waals surface area contributed by atoms with Gasteiger partial charge in [0.25, 0.3) is 0 Å². The number of fused-ring (bicyclic) bond motifs is 8. The van der Waals surface area contributed by atoms with Gasteiger partial charge in [0.1, 0.15) is 84.6 Å². The number of imidazole rings is 2. The molecule has 0 radical (unpaired) electrons. The fourth-order valence-corrected chi connectivity index (χ4v) is 18.3. The van der Waals surface area contributed by atoms with Gasteiger partial charge in [0.2, 0.25) is 82.7 Å². The Bertz CT molecular complexity index is 5370. The SMILES string of the molecule is CC[C@H](C)[C@@H]1NC(=O)[C@@H]2CCCN2C(=O)[C@H](Cc2c[nH]c3ccccc23)NC(=O)[C@H](CCCNC(=N)N)N(C)C(=O)[C@@H](Cc2ccccc2)NC(=O)[C@H](Cc2c[nH]cn2)NC(=O)[C@H]([C@@H](C)O)NC(=O)[C@@H]2CSSC[C@H](NC1=O)C(=O)N[C@@H](Cc1c[nH]cn1)C(=O)N[C@H](Cc1ccccc1)C(=O)N[C@@H](C)C(=O)N[C@@H](Cc1c[nH]c3ccccc13)C(=O)N[C@@H](CCCNC(=N)N)C(=O)N2. The zero-order valence-corrected chi connectivity index (χ0v) is 75.4. The lowest BCUT2D eigenvalue weighted by molar-refractivity contribution is -0.145. The van der Waals surface area contributed by atoms with Crippen molar-refractivity contribution in [1.82, 2.24) is 114 Å². The second-order valence-electron chi connectivity index (χ2n) is 33.1. The summed E-state index contributed by atoms with van der Waals surface area (Å²) in [5, 5.41) is 67.5. The Kier molecular flexibility index (Phi) is 35.6. The highest BCUT2D eigenvalue weighted by Crippen LogP contribution is 2.28. The number of hydrogen-bond acceptors (Lipinski definition) is 21. The summed E-state index contributed by atoms with van der Waals surface area (Å²) < 4.78 is 0. The fraction of sp³-hybridized carbons (Fsp3) is 0.438. The van der Waals surface area contributed by atoms with Gasteiger partial charge in [-0.3, -0.25) is 77.9 Å². The number of aromatic nitrogens is 6.